The van der Waals surface area contributed by atoms with Crippen LogP contribution in [0.4, 0.5) is 0 Å². The Balaban J connectivity index is 0. The first-order chi connectivity index (χ1) is 6.41. The van der Waals surface area contributed by atoms with Crippen LogP contribution in [0.2, 0.25) is 0 Å². The zero-order chi connectivity index (χ0) is 9.78. The molecule has 0 heterocycles. The molecule has 0 rings (SSSR count). The standard InChI is InChI=1S/C10H22O2P.ClH/c1-3-5-7-9-11-13-12-10-8-6-4-2;/h3-10H2,1-2H3;1H. The molecule has 0 aromatic carbocycles. The van der Waals surface area contributed by atoms with Gasteiger partial charge in [0.15, 0.2) is 0 Å². The molecule has 87 valence electrons. The lowest BCUT2D eigenvalue weighted by Gasteiger charge is -2.01. The third-order valence-electron chi connectivity index (χ3n) is 1.78. The second-order valence-electron chi connectivity index (χ2n) is 3.16. The molecule has 0 unspecified atom stereocenters. The number of hydrogen-bond acceptors (Lipinski definition) is 2. The van der Waals surface area contributed by atoms with Crippen LogP contribution in [0.3, 0.4) is 0 Å². The van der Waals surface area contributed by atoms with Gasteiger partial charge in [-0.25, -0.2) is 0 Å². The molecule has 0 amide bonds. The Morgan fingerprint density at radius 1 is 0.786 bits per heavy atom. The van der Waals surface area contributed by atoms with Gasteiger partial charge in [0.25, 0.3) is 9.03 Å². The van der Waals surface area contributed by atoms with Crippen LogP contribution in [0, 0.1) is 0 Å². The summed E-state index contributed by atoms with van der Waals surface area (Å²) >= 11 is 0. The van der Waals surface area contributed by atoms with Gasteiger partial charge in [0.05, 0.1) is 13.2 Å². The van der Waals surface area contributed by atoms with Crippen LogP contribution in [0.25, 0.3) is 0 Å². The summed E-state index contributed by atoms with van der Waals surface area (Å²) in [5.74, 6) is 0. The van der Waals surface area contributed by atoms with Gasteiger partial charge in [-0.05, 0) is 12.8 Å². The van der Waals surface area contributed by atoms with E-state index in [9.17, 15) is 0 Å². The zero-order valence-corrected chi connectivity index (χ0v) is 11.0. The first kappa shape index (κ1) is 17.0. The van der Waals surface area contributed by atoms with Crippen LogP contribution in [0.5, 0.6) is 0 Å². The molecule has 0 atom stereocenters. The van der Waals surface area contributed by atoms with Gasteiger partial charge in [0.2, 0.25) is 0 Å². The van der Waals surface area contributed by atoms with E-state index < -0.39 is 0 Å². The van der Waals surface area contributed by atoms with Crippen molar-refractivity contribution in [2.75, 3.05) is 13.2 Å². The van der Waals surface area contributed by atoms with Gasteiger partial charge < -0.3 is 9.05 Å². The molecular weight excluding hydrogens is 219 g/mol. The van der Waals surface area contributed by atoms with E-state index in [0.29, 0.717) is 9.03 Å². The monoisotopic (exact) mass is 241 g/mol. The summed E-state index contributed by atoms with van der Waals surface area (Å²) in [5.41, 5.74) is 0. The minimum Gasteiger partial charge on any atom is -0.328 e. The molecule has 0 aliphatic rings. The third-order valence-corrected chi connectivity index (χ3v) is 2.36. The highest BCUT2D eigenvalue weighted by atomic mass is 35.5. The van der Waals surface area contributed by atoms with Gasteiger partial charge in [-0.3, -0.25) is 0 Å². The second-order valence-corrected chi connectivity index (χ2v) is 3.82. The SMILES string of the molecule is CCCCCO[P]OCCCCC.Cl. The van der Waals surface area contributed by atoms with Crippen molar-refractivity contribution >= 4 is 21.4 Å². The molecule has 0 aromatic heterocycles. The molecule has 4 heteroatoms. The summed E-state index contributed by atoms with van der Waals surface area (Å²) in [7, 11) is 0.704. The van der Waals surface area contributed by atoms with E-state index in [4.69, 9.17) is 9.05 Å². The van der Waals surface area contributed by atoms with Gasteiger partial charge in [0.1, 0.15) is 0 Å². The van der Waals surface area contributed by atoms with Crippen molar-refractivity contribution in [2.24, 2.45) is 0 Å². The highest BCUT2D eigenvalue weighted by molar-refractivity contribution is 7.26. The minimum absolute atomic E-state index is 0. The number of halogens is 1. The Kier molecular flexibility index (Phi) is 19.6. The molecular formula is C10H23ClO2P. The zero-order valence-electron chi connectivity index (χ0n) is 9.33. The van der Waals surface area contributed by atoms with Crippen LogP contribution in [0.15, 0.2) is 0 Å². The summed E-state index contributed by atoms with van der Waals surface area (Å²) in [4.78, 5) is 0. The fraction of sp³-hybridized carbons (Fsp3) is 1.00. The van der Waals surface area contributed by atoms with Gasteiger partial charge >= 0.3 is 0 Å². The Morgan fingerprint density at radius 2 is 1.21 bits per heavy atom. The number of rotatable bonds is 10. The molecule has 0 aliphatic carbocycles. The highest BCUT2D eigenvalue weighted by Crippen LogP contribution is 2.15. The minimum atomic E-state index is 0. The van der Waals surface area contributed by atoms with Crippen LogP contribution in [0.1, 0.15) is 52.4 Å². The first-order valence-electron chi connectivity index (χ1n) is 5.36. The lowest BCUT2D eigenvalue weighted by molar-refractivity contribution is 0.257. The van der Waals surface area contributed by atoms with E-state index in [1.807, 2.05) is 0 Å². The Bertz CT molecular complexity index is 84.2. The van der Waals surface area contributed by atoms with Gasteiger partial charge in [-0.15, -0.1) is 12.4 Å². The molecule has 0 fully saturated rings. The molecule has 2 nitrogen and oxygen atoms in total. The maximum absolute atomic E-state index is 5.27. The van der Waals surface area contributed by atoms with Crippen molar-refractivity contribution < 1.29 is 9.05 Å². The molecule has 14 heavy (non-hydrogen) atoms. The van der Waals surface area contributed by atoms with Crippen LogP contribution >= 0.6 is 21.4 Å². The Labute approximate surface area is 96.5 Å². The van der Waals surface area contributed by atoms with Gasteiger partial charge in [0, 0.05) is 0 Å². The Morgan fingerprint density at radius 3 is 1.57 bits per heavy atom. The quantitative estimate of drug-likeness (QED) is 0.411. The summed E-state index contributed by atoms with van der Waals surface area (Å²) < 4.78 is 10.5. The first-order valence-corrected chi connectivity index (χ1v) is 6.09. The van der Waals surface area contributed by atoms with E-state index in [2.05, 4.69) is 13.8 Å². The maximum atomic E-state index is 5.27. The molecule has 0 aliphatic heterocycles. The lowest BCUT2D eigenvalue weighted by Crippen LogP contribution is -1.89. The van der Waals surface area contributed by atoms with Crippen molar-refractivity contribution in [1.82, 2.24) is 0 Å². The molecule has 0 saturated carbocycles. The maximum Gasteiger partial charge on any atom is 0.256 e. The lowest BCUT2D eigenvalue weighted by atomic mass is 10.3. The van der Waals surface area contributed by atoms with Crippen molar-refractivity contribution in [3.8, 4) is 0 Å². The van der Waals surface area contributed by atoms with E-state index in [1.165, 1.54) is 25.7 Å². The molecule has 0 bridgehead atoms. The van der Waals surface area contributed by atoms with Gasteiger partial charge in [-0.1, -0.05) is 39.5 Å². The fourth-order valence-corrected chi connectivity index (χ4v) is 1.43. The van der Waals surface area contributed by atoms with Crippen LogP contribution in [-0.2, 0) is 9.05 Å². The average Bonchev–Trinajstić information content (AvgIpc) is 2.16. The summed E-state index contributed by atoms with van der Waals surface area (Å²) in [6.45, 7) is 6.06. The smallest absolute Gasteiger partial charge is 0.256 e. The Hall–Kier alpha value is 0.640. The van der Waals surface area contributed by atoms with E-state index in [0.717, 1.165) is 26.1 Å². The molecule has 0 aromatic rings. The van der Waals surface area contributed by atoms with Gasteiger partial charge in [-0.2, -0.15) is 0 Å². The van der Waals surface area contributed by atoms with E-state index in [-0.39, 0.29) is 12.4 Å². The van der Waals surface area contributed by atoms with E-state index in [1.54, 1.807) is 0 Å². The van der Waals surface area contributed by atoms with Crippen LogP contribution < -0.4 is 0 Å². The average molecular weight is 242 g/mol. The van der Waals surface area contributed by atoms with Crippen molar-refractivity contribution in [3.05, 3.63) is 0 Å². The molecule has 0 saturated heterocycles. The highest BCUT2D eigenvalue weighted by Gasteiger charge is 1.91. The second kappa shape index (κ2) is 16.1. The van der Waals surface area contributed by atoms with Crippen molar-refractivity contribution in [1.29, 1.82) is 0 Å². The normalized spacial score (nSPS) is 9.86. The molecule has 0 spiro atoms. The predicted octanol–water partition coefficient (Wildman–Crippen LogP) is 4.60. The largest absolute Gasteiger partial charge is 0.328 e. The fourth-order valence-electron chi connectivity index (χ4n) is 0.945. The third kappa shape index (κ3) is 15.1. The van der Waals surface area contributed by atoms with E-state index >= 15 is 0 Å². The summed E-state index contributed by atoms with van der Waals surface area (Å²) in [5, 5.41) is 0. The van der Waals surface area contributed by atoms with Crippen molar-refractivity contribution in [2.45, 2.75) is 52.4 Å². The summed E-state index contributed by atoms with van der Waals surface area (Å²) in [6.07, 6.45) is 7.32. The summed E-state index contributed by atoms with van der Waals surface area (Å²) in [6, 6.07) is 0. The topological polar surface area (TPSA) is 18.5 Å². The predicted molar refractivity (Wildman–Crippen MR) is 65.1 cm³/mol. The van der Waals surface area contributed by atoms with Crippen LogP contribution in [-0.4, -0.2) is 13.2 Å². The number of unbranched alkanes of at least 4 members (excludes halogenated alkanes) is 4. The molecule has 0 N–H and O–H groups in total. The molecule has 1 radical (unpaired) electrons. The van der Waals surface area contributed by atoms with Crippen molar-refractivity contribution in [3.63, 3.8) is 0 Å². The number of hydrogen-bond donors (Lipinski definition) is 0.